The molecule has 7 nitrogen and oxygen atoms in total. The van der Waals surface area contributed by atoms with Crippen LogP contribution in [0.25, 0.3) is 0 Å². The van der Waals surface area contributed by atoms with E-state index in [-0.39, 0.29) is 28.9 Å². The van der Waals surface area contributed by atoms with Crippen LogP contribution in [0.5, 0.6) is 11.5 Å². The molecule has 35 heavy (non-hydrogen) atoms. The minimum absolute atomic E-state index is 0.0783. The molecule has 0 bridgehead atoms. The van der Waals surface area contributed by atoms with Gasteiger partial charge in [0.05, 0.1) is 5.56 Å². The summed E-state index contributed by atoms with van der Waals surface area (Å²) >= 11 is 0. The Bertz CT molecular complexity index is 1220. The van der Waals surface area contributed by atoms with Gasteiger partial charge in [0.2, 0.25) is 0 Å². The third-order valence-corrected chi connectivity index (χ3v) is 5.66. The molecule has 1 amide bonds. The van der Waals surface area contributed by atoms with Crippen molar-refractivity contribution in [2.45, 2.75) is 26.4 Å². The van der Waals surface area contributed by atoms with Gasteiger partial charge in [-0.05, 0) is 43.7 Å². The molecule has 3 aromatic rings. The highest BCUT2D eigenvalue weighted by atomic mass is 16.6. The first-order valence-corrected chi connectivity index (χ1v) is 11.5. The monoisotopic (exact) mass is 473 g/mol. The molecule has 0 radical (unpaired) electrons. The first-order chi connectivity index (χ1) is 16.9. The Morgan fingerprint density at radius 3 is 2.23 bits per heavy atom. The van der Waals surface area contributed by atoms with Crippen LogP contribution in [0.2, 0.25) is 0 Å². The van der Waals surface area contributed by atoms with Crippen molar-refractivity contribution in [2.75, 3.05) is 19.8 Å². The fraction of sp³-hybridized carbons (Fsp3) is 0.250. The van der Waals surface area contributed by atoms with Crippen molar-refractivity contribution < 1.29 is 28.6 Å². The van der Waals surface area contributed by atoms with Crippen molar-refractivity contribution in [1.82, 2.24) is 4.90 Å². The largest absolute Gasteiger partial charge is 0.486 e. The van der Waals surface area contributed by atoms with Crippen molar-refractivity contribution in [3.05, 3.63) is 95.1 Å². The summed E-state index contributed by atoms with van der Waals surface area (Å²) in [5, 5.41) is 0. The number of esters is 1. The van der Waals surface area contributed by atoms with E-state index in [0.717, 1.165) is 5.56 Å². The summed E-state index contributed by atoms with van der Waals surface area (Å²) in [5.74, 6) is -0.339. The van der Waals surface area contributed by atoms with Gasteiger partial charge in [-0.3, -0.25) is 9.59 Å². The van der Waals surface area contributed by atoms with Crippen LogP contribution in [-0.2, 0) is 16.1 Å². The second kappa shape index (κ2) is 10.9. The van der Waals surface area contributed by atoms with Crippen LogP contribution in [0.4, 0.5) is 0 Å². The van der Waals surface area contributed by atoms with Gasteiger partial charge in [-0.15, -0.1) is 0 Å². The van der Waals surface area contributed by atoms with Crippen molar-refractivity contribution in [2.24, 2.45) is 0 Å². The molecule has 0 N–H and O–H groups in total. The molecule has 7 heteroatoms. The van der Waals surface area contributed by atoms with Crippen molar-refractivity contribution in [3.8, 4) is 11.5 Å². The van der Waals surface area contributed by atoms with E-state index in [9.17, 15) is 14.4 Å². The zero-order chi connectivity index (χ0) is 24.8. The highest BCUT2D eigenvalue weighted by molar-refractivity contribution is 6.14. The fourth-order valence-electron chi connectivity index (χ4n) is 3.83. The molecular formula is C28H27NO6. The topological polar surface area (TPSA) is 82.1 Å². The minimum Gasteiger partial charge on any atom is -0.486 e. The van der Waals surface area contributed by atoms with E-state index < -0.39 is 12.6 Å². The Morgan fingerprint density at radius 2 is 1.51 bits per heavy atom. The molecule has 0 atom stereocenters. The molecule has 0 saturated carbocycles. The standard InChI is InChI=1S/C28H27NO6/c1-19(2)29(17-20-8-4-3-5-9-20)26(30)18-35-28(32)23-11-7-6-10-22(23)27(31)21-12-13-24-25(16-21)34-15-14-33-24/h3-13,16,19H,14-15,17-18H2,1-2H3. The number of carbonyl (C=O) groups excluding carboxylic acids is 3. The summed E-state index contributed by atoms with van der Waals surface area (Å²) in [4.78, 5) is 40.6. The van der Waals surface area contributed by atoms with Gasteiger partial charge in [-0.1, -0.05) is 48.5 Å². The zero-order valence-electron chi connectivity index (χ0n) is 19.7. The first kappa shape index (κ1) is 24.0. The molecule has 0 unspecified atom stereocenters. The number of benzene rings is 3. The number of hydrogen-bond acceptors (Lipinski definition) is 6. The lowest BCUT2D eigenvalue weighted by Crippen LogP contribution is -2.39. The summed E-state index contributed by atoms with van der Waals surface area (Å²) < 4.78 is 16.4. The quantitative estimate of drug-likeness (QED) is 0.359. The molecule has 0 aliphatic carbocycles. The van der Waals surface area contributed by atoms with E-state index in [1.165, 1.54) is 6.07 Å². The summed E-state index contributed by atoms with van der Waals surface area (Å²) in [7, 11) is 0. The highest BCUT2D eigenvalue weighted by Crippen LogP contribution is 2.31. The van der Waals surface area contributed by atoms with Gasteiger partial charge in [0.15, 0.2) is 23.9 Å². The lowest BCUT2D eigenvalue weighted by Gasteiger charge is -2.26. The van der Waals surface area contributed by atoms with E-state index in [1.54, 1.807) is 41.3 Å². The van der Waals surface area contributed by atoms with Gasteiger partial charge in [0.1, 0.15) is 13.2 Å². The van der Waals surface area contributed by atoms with Crippen molar-refractivity contribution in [3.63, 3.8) is 0 Å². The molecule has 1 aliphatic heterocycles. The van der Waals surface area contributed by atoms with Crippen LogP contribution in [0.15, 0.2) is 72.8 Å². The molecule has 0 fully saturated rings. The van der Waals surface area contributed by atoms with Crippen LogP contribution >= 0.6 is 0 Å². The number of ether oxygens (including phenoxy) is 3. The Labute approximate surface area is 204 Å². The van der Waals surface area contributed by atoms with Crippen LogP contribution in [0.3, 0.4) is 0 Å². The molecule has 1 heterocycles. The summed E-state index contributed by atoms with van der Waals surface area (Å²) in [6.07, 6.45) is 0. The number of nitrogens with zero attached hydrogens (tertiary/aromatic N) is 1. The van der Waals surface area contributed by atoms with Gasteiger partial charge in [0.25, 0.3) is 5.91 Å². The second-order valence-electron chi connectivity index (χ2n) is 8.41. The van der Waals surface area contributed by atoms with Gasteiger partial charge in [0, 0.05) is 23.7 Å². The summed E-state index contributed by atoms with van der Waals surface area (Å²) in [6, 6.07) is 20.8. The number of ketones is 1. The van der Waals surface area contributed by atoms with Gasteiger partial charge >= 0.3 is 5.97 Å². The zero-order valence-corrected chi connectivity index (χ0v) is 19.7. The number of fused-ring (bicyclic) bond motifs is 1. The third kappa shape index (κ3) is 5.69. The molecule has 0 spiro atoms. The van der Waals surface area contributed by atoms with Crippen molar-refractivity contribution in [1.29, 1.82) is 0 Å². The SMILES string of the molecule is CC(C)N(Cc1ccccc1)C(=O)COC(=O)c1ccccc1C(=O)c1ccc2c(c1)OCCO2. The Hall–Kier alpha value is -4.13. The second-order valence-corrected chi connectivity index (χ2v) is 8.41. The Balaban J connectivity index is 1.46. The third-order valence-electron chi connectivity index (χ3n) is 5.66. The van der Waals surface area contributed by atoms with Crippen LogP contribution in [-0.4, -0.2) is 48.4 Å². The lowest BCUT2D eigenvalue weighted by molar-refractivity contribution is -0.136. The van der Waals surface area contributed by atoms with Crippen LogP contribution < -0.4 is 9.47 Å². The lowest BCUT2D eigenvalue weighted by atomic mass is 9.98. The maximum atomic E-state index is 13.2. The van der Waals surface area contributed by atoms with E-state index in [0.29, 0.717) is 36.8 Å². The van der Waals surface area contributed by atoms with Gasteiger partial charge in [-0.2, -0.15) is 0 Å². The van der Waals surface area contributed by atoms with Gasteiger partial charge in [-0.25, -0.2) is 4.79 Å². The maximum Gasteiger partial charge on any atom is 0.339 e. The molecule has 0 saturated heterocycles. The predicted octanol–water partition coefficient (Wildman–Crippen LogP) is 4.28. The number of amides is 1. The first-order valence-electron chi connectivity index (χ1n) is 11.5. The van der Waals surface area contributed by atoms with Gasteiger partial charge < -0.3 is 19.1 Å². The average Bonchev–Trinajstić information content (AvgIpc) is 2.90. The molecule has 1 aliphatic rings. The highest BCUT2D eigenvalue weighted by Gasteiger charge is 2.24. The van der Waals surface area contributed by atoms with Crippen molar-refractivity contribution >= 4 is 17.7 Å². The summed E-state index contributed by atoms with van der Waals surface area (Å²) in [5.41, 5.74) is 1.63. The average molecular weight is 474 g/mol. The predicted molar refractivity (Wildman–Crippen MR) is 130 cm³/mol. The van der Waals surface area contributed by atoms with E-state index in [2.05, 4.69) is 0 Å². The normalized spacial score (nSPS) is 12.2. The molecule has 3 aromatic carbocycles. The fourth-order valence-corrected chi connectivity index (χ4v) is 3.83. The molecule has 4 rings (SSSR count). The molecular weight excluding hydrogens is 446 g/mol. The van der Waals surface area contributed by atoms with E-state index in [4.69, 9.17) is 14.2 Å². The number of hydrogen-bond donors (Lipinski definition) is 0. The Morgan fingerprint density at radius 1 is 0.857 bits per heavy atom. The Kier molecular flexibility index (Phi) is 7.45. The van der Waals surface area contributed by atoms with Crippen LogP contribution in [0, 0.1) is 0 Å². The van der Waals surface area contributed by atoms with E-state index >= 15 is 0 Å². The minimum atomic E-state index is -0.733. The number of rotatable bonds is 8. The molecule has 180 valence electrons. The van der Waals surface area contributed by atoms with E-state index in [1.807, 2.05) is 44.2 Å². The number of carbonyl (C=O) groups is 3. The smallest absolute Gasteiger partial charge is 0.339 e. The maximum absolute atomic E-state index is 13.2. The van der Waals surface area contributed by atoms with Crippen LogP contribution in [0.1, 0.15) is 45.7 Å². The summed E-state index contributed by atoms with van der Waals surface area (Å²) in [6.45, 7) is 4.66. The molecule has 0 aromatic heterocycles.